The fourth-order valence-corrected chi connectivity index (χ4v) is 3.36. The van der Waals surface area contributed by atoms with Crippen LogP contribution in [0.1, 0.15) is 17.7 Å². The number of aryl methyl sites for hydroxylation is 1. The standard InChI is InChI=1S/C19H22N4O/c1-2-16-5-6-22-19(16)11-15(1)13-23-9-10-24-14-18(23)4-3-17-12-20-7-8-21-17/h1-2,5-8,11-12,18,22H,3-4,9-10,13-14H2/t18-/m1/s1. The number of morpholine rings is 1. The lowest BCUT2D eigenvalue weighted by Gasteiger charge is -2.35. The van der Waals surface area contributed by atoms with Gasteiger partial charge in [-0.1, -0.05) is 12.1 Å². The lowest BCUT2D eigenvalue weighted by Crippen LogP contribution is -2.45. The minimum absolute atomic E-state index is 0.431. The maximum atomic E-state index is 5.71. The highest BCUT2D eigenvalue weighted by molar-refractivity contribution is 5.79. The summed E-state index contributed by atoms with van der Waals surface area (Å²) < 4.78 is 5.71. The van der Waals surface area contributed by atoms with Crippen molar-refractivity contribution >= 4 is 10.9 Å². The second-order valence-electron chi connectivity index (χ2n) is 6.33. The monoisotopic (exact) mass is 322 g/mol. The van der Waals surface area contributed by atoms with E-state index in [9.17, 15) is 0 Å². The van der Waals surface area contributed by atoms with Crippen molar-refractivity contribution in [2.45, 2.75) is 25.4 Å². The zero-order valence-electron chi connectivity index (χ0n) is 13.7. The van der Waals surface area contributed by atoms with Gasteiger partial charge in [-0.2, -0.15) is 0 Å². The highest BCUT2D eigenvalue weighted by Crippen LogP contribution is 2.19. The van der Waals surface area contributed by atoms with Crippen LogP contribution in [-0.4, -0.2) is 45.7 Å². The Kier molecular flexibility index (Phi) is 4.53. The molecule has 0 unspecified atom stereocenters. The van der Waals surface area contributed by atoms with Crippen LogP contribution in [0.3, 0.4) is 0 Å². The quantitative estimate of drug-likeness (QED) is 0.785. The number of aromatic nitrogens is 3. The molecule has 0 saturated carbocycles. The summed E-state index contributed by atoms with van der Waals surface area (Å²) >= 11 is 0. The van der Waals surface area contributed by atoms with Crippen molar-refractivity contribution < 1.29 is 4.74 Å². The van der Waals surface area contributed by atoms with Gasteiger partial charge in [0.2, 0.25) is 0 Å². The summed E-state index contributed by atoms with van der Waals surface area (Å²) in [5.74, 6) is 0. The van der Waals surface area contributed by atoms with E-state index in [-0.39, 0.29) is 0 Å². The van der Waals surface area contributed by atoms with Gasteiger partial charge in [-0.3, -0.25) is 14.9 Å². The SMILES string of the molecule is c1cnc(CC[C@@H]2COCCN2Cc2ccc3cc[nH]c3c2)cn1. The summed E-state index contributed by atoms with van der Waals surface area (Å²) in [7, 11) is 0. The van der Waals surface area contributed by atoms with Gasteiger partial charge >= 0.3 is 0 Å². The zero-order chi connectivity index (χ0) is 16.2. The predicted molar refractivity (Wildman–Crippen MR) is 93.7 cm³/mol. The molecule has 0 aliphatic carbocycles. The summed E-state index contributed by atoms with van der Waals surface area (Å²) in [5.41, 5.74) is 3.60. The van der Waals surface area contributed by atoms with Crippen molar-refractivity contribution in [3.8, 4) is 0 Å². The van der Waals surface area contributed by atoms with Crippen molar-refractivity contribution in [3.05, 3.63) is 60.3 Å². The van der Waals surface area contributed by atoms with Crippen molar-refractivity contribution in [1.82, 2.24) is 19.9 Å². The molecule has 1 aromatic carbocycles. The highest BCUT2D eigenvalue weighted by Gasteiger charge is 2.23. The van der Waals surface area contributed by atoms with Gasteiger partial charge in [0.05, 0.1) is 18.9 Å². The van der Waals surface area contributed by atoms with Crippen LogP contribution in [0.2, 0.25) is 0 Å². The maximum absolute atomic E-state index is 5.71. The molecule has 1 N–H and O–H groups in total. The van der Waals surface area contributed by atoms with E-state index in [2.05, 4.69) is 44.1 Å². The Morgan fingerprint density at radius 1 is 1.25 bits per heavy atom. The molecule has 1 aliphatic heterocycles. The molecule has 3 heterocycles. The molecule has 124 valence electrons. The number of benzene rings is 1. The Bertz CT molecular complexity index is 786. The summed E-state index contributed by atoms with van der Waals surface area (Å²) in [5, 5.41) is 1.26. The van der Waals surface area contributed by atoms with Gasteiger partial charge < -0.3 is 9.72 Å². The third-order valence-corrected chi connectivity index (χ3v) is 4.70. The molecule has 1 atom stereocenters. The molecule has 0 amide bonds. The van der Waals surface area contributed by atoms with Crippen LogP contribution < -0.4 is 0 Å². The van der Waals surface area contributed by atoms with E-state index in [1.54, 1.807) is 12.4 Å². The Hall–Kier alpha value is -2.24. The third kappa shape index (κ3) is 3.47. The Morgan fingerprint density at radius 2 is 2.25 bits per heavy atom. The summed E-state index contributed by atoms with van der Waals surface area (Å²) in [6.45, 7) is 3.55. The number of nitrogens with zero attached hydrogens (tertiary/aromatic N) is 3. The Labute approximate surface area is 141 Å². The molecule has 0 bridgehead atoms. The van der Waals surface area contributed by atoms with Crippen LogP contribution in [0.5, 0.6) is 0 Å². The largest absolute Gasteiger partial charge is 0.378 e. The summed E-state index contributed by atoms with van der Waals surface area (Å²) in [6.07, 6.45) is 9.31. The van der Waals surface area contributed by atoms with E-state index in [1.165, 1.54) is 16.5 Å². The zero-order valence-corrected chi connectivity index (χ0v) is 13.7. The predicted octanol–water partition coefficient (Wildman–Crippen LogP) is 2.79. The van der Waals surface area contributed by atoms with Gasteiger partial charge in [0.1, 0.15) is 0 Å². The van der Waals surface area contributed by atoms with Crippen LogP contribution >= 0.6 is 0 Å². The van der Waals surface area contributed by atoms with E-state index >= 15 is 0 Å². The molecule has 4 rings (SSSR count). The van der Waals surface area contributed by atoms with Gasteiger partial charge in [-0.15, -0.1) is 0 Å². The molecule has 24 heavy (non-hydrogen) atoms. The number of hydrogen-bond acceptors (Lipinski definition) is 4. The second-order valence-corrected chi connectivity index (χ2v) is 6.33. The first kappa shape index (κ1) is 15.3. The van der Waals surface area contributed by atoms with E-state index in [0.29, 0.717) is 6.04 Å². The molecule has 1 aliphatic rings. The summed E-state index contributed by atoms with van der Waals surface area (Å²) in [4.78, 5) is 14.4. The Morgan fingerprint density at radius 3 is 3.17 bits per heavy atom. The maximum Gasteiger partial charge on any atom is 0.0622 e. The minimum Gasteiger partial charge on any atom is -0.378 e. The molecule has 1 saturated heterocycles. The number of nitrogens with one attached hydrogen (secondary N) is 1. The van der Waals surface area contributed by atoms with Crippen molar-refractivity contribution in [2.24, 2.45) is 0 Å². The summed E-state index contributed by atoms with van der Waals surface area (Å²) in [6, 6.07) is 9.21. The average Bonchev–Trinajstić information content (AvgIpc) is 3.10. The second kappa shape index (κ2) is 7.11. The first-order chi connectivity index (χ1) is 11.9. The molecule has 3 aromatic rings. The Balaban J connectivity index is 1.43. The van der Waals surface area contributed by atoms with Gasteiger partial charge in [-0.25, -0.2) is 0 Å². The van der Waals surface area contributed by atoms with Crippen LogP contribution in [0.15, 0.2) is 49.1 Å². The van der Waals surface area contributed by atoms with Crippen molar-refractivity contribution in [1.29, 1.82) is 0 Å². The molecule has 2 aromatic heterocycles. The number of H-pyrrole nitrogens is 1. The van der Waals surface area contributed by atoms with Gasteiger partial charge in [0, 0.05) is 49.4 Å². The van der Waals surface area contributed by atoms with Crippen molar-refractivity contribution in [3.63, 3.8) is 0 Å². The smallest absolute Gasteiger partial charge is 0.0622 e. The van der Waals surface area contributed by atoms with Crippen LogP contribution in [0.25, 0.3) is 10.9 Å². The van der Waals surface area contributed by atoms with Crippen LogP contribution in [0, 0.1) is 0 Å². The van der Waals surface area contributed by atoms with Gasteiger partial charge in [0.15, 0.2) is 0 Å². The van der Waals surface area contributed by atoms with E-state index in [1.807, 2.05) is 12.4 Å². The topological polar surface area (TPSA) is 54.0 Å². The van der Waals surface area contributed by atoms with E-state index in [0.717, 1.165) is 44.8 Å². The molecule has 5 nitrogen and oxygen atoms in total. The van der Waals surface area contributed by atoms with Crippen LogP contribution in [0.4, 0.5) is 0 Å². The number of hydrogen-bond donors (Lipinski definition) is 1. The van der Waals surface area contributed by atoms with Crippen LogP contribution in [-0.2, 0) is 17.7 Å². The van der Waals surface area contributed by atoms with E-state index < -0.39 is 0 Å². The lowest BCUT2D eigenvalue weighted by molar-refractivity contribution is -0.0144. The normalized spacial score (nSPS) is 18.9. The minimum atomic E-state index is 0.431. The molecular formula is C19H22N4O. The molecule has 0 spiro atoms. The average molecular weight is 322 g/mol. The first-order valence-corrected chi connectivity index (χ1v) is 8.51. The van der Waals surface area contributed by atoms with Crippen molar-refractivity contribution in [2.75, 3.05) is 19.8 Å². The molecule has 5 heteroatoms. The fourth-order valence-electron chi connectivity index (χ4n) is 3.36. The first-order valence-electron chi connectivity index (χ1n) is 8.51. The van der Waals surface area contributed by atoms with Gasteiger partial charge in [-0.05, 0) is 35.9 Å². The molecule has 0 radical (unpaired) electrons. The molecule has 1 fully saturated rings. The van der Waals surface area contributed by atoms with Gasteiger partial charge in [0.25, 0.3) is 0 Å². The van der Waals surface area contributed by atoms with E-state index in [4.69, 9.17) is 4.74 Å². The fraction of sp³-hybridized carbons (Fsp3) is 0.368. The number of ether oxygens (including phenoxy) is 1. The number of aromatic amines is 1. The highest BCUT2D eigenvalue weighted by atomic mass is 16.5. The lowest BCUT2D eigenvalue weighted by atomic mass is 10.1. The third-order valence-electron chi connectivity index (χ3n) is 4.70. The molecular weight excluding hydrogens is 300 g/mol. The number of rotatable bonds is 5. The number of fused-ring (bicyclic) bond motifs is 1.